The summed E-state index contributed by atoms with van der Waals surface area (Å²) in [5.41, 5.74) is 3.56. The summed E-state index contributed by atoms with van der Waals surface area (Å²) in [7, 11) is -4.30. The third kappa shape index (κ3) is 7.27. The standard InChI is InChI=1S/C33H30ClN3O5S2/c1-2-3-14-29-35-30(34)28(22-42-32(38)25-10-6-4-7-11-25)37(29)21-23-15-17-24(18-16-23)27-19-20-43-31(27)36-44(40,41)33(39)26-12-8-5-9-13-26/h4-13,15-20,36H,2-3,14,21-22H2,1H3. The normalized spacial score (nSPS) is 11.3. The summed E-state index contributed by atoms with van der Waals surface area (Å²) in [6.07, 6.45) is 2.64. The first kappa shape index (κ1) is 31.2. The molecule has 3 aromatic carbocycles. The number of nitrogens with one attached hydrogen (secondary N) is 1. The quantitative estimate of drug-likeness (QED) is 0.140. The lowest BCUT2D eigenvalue weighted by Crippen LogP contribution is -2.22. The molecule has 0 fully saturated rings. The average molecular weight is 648 g/mol. The molecular weight excluding hydrogens is 618 g/mol. The number of hydrogen-bond acceptors (Lipinski definition) is 7. The zero-order valence-electron chi connectivity index (χ0n) is 23.9. The van der Waals surface area contributed by atoms with Crippen molar-refractivity contribution in [2.24, 2.45) is 0 Å². The van der Waals surface area contributed by atoms with Crippen molar-refractivity contribution in [3.63, 3.8) is 0 Å². The number of aryl methyl sites for hydroxylation is 1. The molecule has 0 saturated carbocycles. The Morgan fingerprint density at radius 1 is 0.932 bits per heavy atom. The second-order valence-electron chi connectivity index (χ2n) is 10.0. The number of sulfonamides is 1. The zero-order chi connectivity index (χ0) is 31.1. The minimum absolute atomic E-state index is 0.0239. The van der Waals surface area contributed by atoms with E-state index in [0.29, 0.717) is 33.5 Å². The Morgan fingerprint density at radius 3 is 2.25 bits per heavy atom. The number of imidazole rings is 1. The fourth-order valence-electron chi connectivity index (χ4n) is 4.63. The van der Waals surface area contributed by atoms with Gasteiger partial charge in [-0.15, -0.1) is 11.3 Å². The lowest BCUT2D eigenvalue weighted by Gasteiger charge is -2.14. The van der Waals surface area contributed by atoms with E-state index in [-0.39, 0.29) is 12.2 Å². The first-order valence-corrected chi connectivity index (χ1v) is 16.8. The number of aromatic nitrogens is 2. The van der Waals surface area contributed by atoms with Gasteiger partial charge in [0.2, 0.25) is 0 Å². The Bertz CT molecular complexity index is 1850. The Labute approximate surface area is 265 Å². The van der Waals surface area contributed by atoms with Crippen LogP contribution in [0.3, 0.4) is 0 Å². The van der Waals surface area contributed by atoms with E-state index >= 15 is 0 Å². The van der Waals surface area contributed by atoms with Crippen molar-refractivity contribution in [1.82, 2.24) is 9.55 Å². The second kappa shape index (κ2) is 14.0. The van der Waals surface area contributed by atoms with Gasteiger partial charge in [-0.05, 0) is 41.1 Å². The summed E-state index contributed by atoms with van der Waals surface area (Å²) in [5, 5.41) is 1.43. The number of unbranched alkanes of at least 4 members (excludes halogenated alkanes) is 1. The van der Waals surface area contributed by atoms with E-state index in [1.54, 1.807) is 47.8 Å². The van der Waals surface area contributed by atoms with Gasteiger partial charge in [0.15, 0.2) is 5.15 Å². The molecule has 0 aliphatic carbocycles. The van der Waals surface area contributed by atoms with Crippen molar-refractivity contribution in [2.45, 2.75) is 39.3 Å². The Hall–Kier alpha value is -4.25. The van der Waals surface area contributed by atoms with Crippen LogP contribution >= 0.6 is 22.9 Å². The smallest absolute Gasteiger partial charge is 0.338 e. The highest BCUT2D eigenvalue weighted by Crippen LogP contribution is 2.34. The highest BCUT2D eigenvalue weighted by atomic mass is 35.5. The van der Waals surface area contributed by atoms with E-state index in [0.717, 1.165) is 36.2 Å². The number of nitrogens with zero attached hydrogens (tertiary/aromatic N) is 2. The fraction of sp³-hybridized carbons (Fsp3) is 0.182. The molecule has 0 atom stereocenters. The molecule has 0 aliphatic rings. The highest BCUT2D eigenvalue weighted by Gasteiger charge is 2.25. The topological polar surface area (TPSA) is 107 Å². The molecule has 5 rings (SSSR count). The van der Waals surface area contributed by atoms with E-state index in [1.165, 1.54) is 23.5 Å². The molecule has 2 aromatic heterocycles. The van der Waals surface area contributed by atoms with Crippen LogP contribution in [0.5, 0.6) is 0 Å². The van der Waals surface area contributed by atoms with Gasteiger partial charge >= 0.3 is 16.0 Å². The number of ether oxygens (including phenoxy) is 1. The van der Waals surface area contributed by atoms with Crippen molar-refractivity contribution >= 4 is 49.0 Å². The zero-order valence-corrected chi connectivity index (χ0v) is 26.3. The van der Waals surface area contributed by atoms with Crippen LogP contribution in [0, 0.1) is 0 Å². The Kier molecular flexibility index (Phi) is 9.94. The molecule has 2 heterocycles. The number of anilines is 1. The SMILES string of the molecule is CCCCc1nc(Cl)c(COC(=O)c2ccccc2)n1Cc1ccc(-c2ccsc2NS(=O)(=O)C(=O)c2ccccc2)cc1. The maximum Gasteiger partial charge on any atom is 0.338 e. The van der Waals surface area contributed by atoms with Crippen LogP contribution in [-0.2, 0) is 34.3 Å². The van der Waals surface area contributed by atoms with Crippen LogP contribution in [0.25, 0.3) is 11.1 Å². The molecule has 0 bridgehead atoms. The summed E-state index contributed by atoms with van der Waals surface area (Å²) in [6, 6.07) is 26.1. The molecule has 0 radical (unpaired) electrons. The van der Waals surface area contributed by atoms with Crippen LogP contribution in [0.4, 0.5) is 5.00 Å². The van der Waals surface area contributed by atoms with Crippen LogP contribution in [0.15, 0.2) is 96.4 Å². The molecule has 0 saturated heterocycles. The van der Waals surface area contributed by atoms with Crippen molar-refractivity contribution < 1.29 is 22.7 Å². The number of hydrogen-bond donors (Lipinski definition) is 1. The number of carbonyl (C=O) groups is 2. The number of esters is 1. The van der Waals surface area contributed by atoms with Crippen LogP contribution < -0.4 is 4.72 Å². The lowest BCUT2D eigenvalue weighted by molar-refractivity contribution is 0.0463. The molecule has 1 N–H and O–H groups in total. The Morgan fingerprint density at radius 2 is 1.59 bits per heavy atom. The summed E-state index contributed by atoms with van der Waals surface area (Å²) in [6.45, 7) is 2.53. The number of carbonyl (C=O) groups excluding carboxylic acids is 2. The van der Waals surface area contributed by atoms with Crippen LogP contribution in [0.2, 0.25) is 5.15 Å². The predicted molar refractivity (Wildman–Crippen MR) is 174 cm³/mol. The minimum atomic E-state index is -4.30. The van der Waals surface area contributed by atoms with Crippen molar-refractivity contribution in [2.75, 3.05) is 4.72 Å². The molecule has 0 spiro atoms. The van der Waals surface area contributed by atoms with E-state index in [9.17, 15) is 18.0 Å². The summed E-state index contributed by atoms with van der Waals surface area (Å²) in [4.78, 5) is 29.8. The monoisotopic (exact) mass is 647 g/mol. The first-order valence-electron chi connectivity index (χ1n) is 14.0. The van der Waals surface area contributed by atoms with Gasteiger partial charge in [0, 0.05) is 24.1 Å². The molecule has 8 nitrogen and oxygen atoms in total. The largest absolute Gasteiger partial charge is 0.456 e. The summed E-state index contributed by atoms with van der Waals surface area (Å²) < 4.78 is 35.8. The molecule has 5 aromatic rings. The van der Waals surface area contributed by atoms with E-state index in [2.05, 4.69) is 16.6 Å². The highest BCUT2D eigenvalue weighted by molar-refractivity contribution is 8.07. The first-order chi connectivity index (χ1) is 21.3. The number of halogens is 1. The average Bonchev–Trinajstić information content (AvgIpc) is 3.62. The van der Waals surface area contributed by atoms with Gasteiger partial charge in [-0.3, -0.25) is 9.52 Å². The van der Waals surface area contributed by atoms with Crippen molar-refractivity contribution in [1.29, 1.82) is 0 Å². The van der Waals surface area contributed by atoms with E-state index in [4.69, 9.17) is 16.3 Å². The molecular formula is C33H30ClN3O5S2. The van der Waals surface area contributed by atoms with Gasteiger partial charge in [-0.25, -0.2) is 9.78 Å². The van der Waals surface area contributed by atoms with Gasteiger partial charge < -0.3 is 9.30 Å². The van der Waals surface area contributed by atoms with Crippen molar-refractivity contribution in [3.8, 4) is 11.1 Å². The Balaban J connectivity index is 1.34. The third-order valence-corrected chi connectivity index (χ3v) is 9.42. The van der Waals surface area contributed by atoms with Gasteiger partial charge in [0.1, 0.15) is 17.4 Å². The molecule has 0 amide bonds. The fourth-order valence-corrected chi connectivity index (χ4v) is 6.95. The molecule has 0 unspecified atom stereocenters. The second-order valence-corrected chi connectivity index (χ2v) is 12.9. The summed E-state index contributed by atoms with van der Waals surface area (Å²) in [5.74, 6) is 0.367. The maximum absolute atomic E-state index is 12.9. The number of benzene rings is 3. The molecule has 226 valence electrons. The van der Waals surface area contributed by atoms with Crippen LogP contribution in [-0.4, -0.2) is 29.1 Å². The van der Waals surface area contributed by atoms with Gasteiger partial charge in [-0.2, -0.15) is 8.42 Å². The molecule has 0 aliphatic heterocycles. The van der Waals surface area contributed by atoms with Gasteiger partial charge in [0.05, 0.1) is 11.3 Å². The predicted octanol–water partition coefficient (Wildman–Crippen LogP) is 7.60. The van der Waals surface area contributed by atoms with E-state index in [1.807, 2.05) is 41.0 Å². The van der Waals surface area contributed by atoms with Crippen molar-refractivity contribution in [3.05, 3.63) is 130 Å². The number of rotatable bonds is 12. The third-order valence-electron chi connectivity index (χ3n) is 6.96. The maximum atomic E-state index is 12.9. The van der Waals surface area contributed by atoms with Crippen LogP contribution in [0.1, 0.15) is 57.6 Å². The lowest BCUT2D eigenvalue weighted by atomic mass is 10.1. The van der Waals surface area contributed by atoms with E-state index < -0.39 is 21.1 Å². The minimum Gasteiger partial charge on any atom is -0.456 e. The summed E-state index contributed by atoms with van der Waals surface area (Å²) >= 11 is 7.75. The molecule has 11 heteroatoms. The van der Waals surface area contributed by atoms with Gasteiger partial charge in [-0.1, -0.05) is 97.7 Å². The van der Waals surface area contributed by atoms with Gasteiger partial charge in [0.25, 0.3) is 5.12 Å². The number of thiophene rings is 1. The molecule has 44 heavy (non-hydrogen) atoms.